The molecule has 2 aromatic rings. The number of rotatable bonds is 1. The molecule has 0 radical (unpaired) electrons. The van der Waals surface area contributed by atoms with Crippen LogP contribution in [-0.4, -0.2) is 42.0 Å². The molecule has 3 rings (SSSR count). The number of halogens is 2. The number of hydrogen-bond acceptors (Lipinski definition) is 6. The van der Waals surface area contributed by atoms with Crippen LogP contribution in [0.3, 0.4) is 0 Å². The number of aliphatic hydroxyl groups excluding tert-OH is 2. The van der Waals surface area contributed by atoms with E-state index in [9.17, 15) is 14.6 Å². The van der Waals surface area contributed by atoms with Gasteiger partial charge in [0.15, 0.2) is 24.0 Å². The minimum atomic E-state index is -1.47. The first-order valence-electron chi connectivity index (χ1n) is 5.81. The van der Waals surface area contributed by atoms with Gasteiger partial charge in [-0.3, -0.25) is 0 Å². The van der Waals surface area contributed by atoms with E-state index in [0.717, 1.165) is 6.20 Å². The molecular weight excluding hydrogens is 291 g/mol. The first kappa shape index (κ1) is 13.5. The summed E-state index contributed by atoms with van der Waals surface area (Å²) in [5, 5.41) is 19.4. The molecule has 0 amide bonds. The van der Waals surface area contributed by atoms with Gasteiger partial charge in [-0.05, 0) is 6.92 Å². The summed E-state index contributed by atoms with van der Waals surface area (Å²) in [6.07, 6.45) is -1.52. The van der Waals surface area contributed by atoms with Gasteiger partial charge in [-0.2, -0.15) is 0 Å². The second-order valence-electron chi connectivity index (χ2n) is 4.82. The van der Waals surface area contributed by atoms with Crippen molar-refractivity contribution >= 4 is 28.5 Å². The molecular formula is C11H12ClFN4O3. The first-order valence-corrected chi connectivity index (χ1v) is 6.19. The number of ether oxygens (including phenoxy) is 1. The van der Waals surface area contributed by atoms with Crippen molar-refractivity contribution in [2.45, 2.75) is 30.4 Å². The largest absolute Gasteiger partial charge is 0.386 e. The number of hydrogen-bond donors (Lipinski definition) is 3. The zero-order valence-corrected chi connectivity index (χ0v) is 11.1. The van der Waals surface area contributed by atoms with Gasteiger partial charge in [0, 0.05) is 6.20 Å². The van der Waals surface area contributed by atoms with Crippen molar-refractivity contribution < 1.29 is 19.3 Å². The van der Waals surface area contributed by atoms with E-state index in [-0.39, 0.29) is 16.9 Å². The number of fused-ring (bicyclic) bond motifs is 1. The van der Waals surface area contributed by atoms with Crippen molar-refractivity contribution in [3.05, 3.63) is 18.3 Å². The summed E-state index contributed by atoms with van der Waals surface area (Å²) in [5.41, 5.74) is 5.79. The van der Waals surface area contributed by atoms with E-state index < -0.39 is 29.3 Å². The summed E-state index contributed by atoms with van der Waals surface area (Å²) in [4.78, 5) is 6.32. The number of nitrogens with zero attached hydrogens (tertiary/aromatic N) is 3. The fourth-order valence-electron chi connectivity index (χ4n) is 2.34. The molecule has 0 aromatic carbocycles. The molecule has 0 unspecified atom stereocenters. The van der Waals surface area contributed by atoms with Crippen molar-refractivity contribution in [2.75, 3.05) is 5.73 Å². The third-order valence-electron chi connectivity index (χ3n) is 3.44. The van der Waals surface area contributed by atoms with Crippen molar-refractivity contribution in [3.63, 3.8) is 0 Å². The van der Waals surface area contributed by atoms with E-state index in [4.69, 9.17) is 22.1 Å². The molecule has 2 aromatic heterocycles. The highest BCUT2D eigenvalue weighted by Crippen LogP contribution is 2.44. The van der Waals surface area contributed by atoms with E-state index in [0.29, 0.717) is 0 Å². The highest BCUT2D eigenvalue weighted by Gasteiger charge is 2.53. The second-order valence-corrected chi connectivity index (χ2v) is 5.63. The van der Waals surface area contributed by atoms with Crippen LogP contribution in [0.4, 0.5) is 10.2 Å². The second kappa shape index (κ2) is 4.26. The number of alkyl halides is 1. The zero-order chi connectivity index (χ0) is 14.7. The Kier molecular flexibility index (Phi) is 2.87. The topological polar surface area (TPSA) is 106 Å². The van der Waals surface area contributed by atoms with E-state index in [2.05, 4.69) is 9.97 Å². The van der Waals surface area contributed by atoms with Crippen LogP contribution in [0.2, 0.25) is 0 Å². The Morgan fingerprint density at radius 1 is 1.50 bits per heavy atom. The van der Waals surface area contributed by atoms with Gasteiger partial charge in [0.05, 0.1) is 5.39 Å². The third kappa shape index (κ3) is 1.69. The minimum absolute atomic E-state index is 0.0124. The highest BCUT2D eigenvalue weighted by molar-refractivity contribution is 6.24. The van der Waals surface area contributed by atoms with Gasteiger partial charge in [0.25, 0.3) is 0 Å². The van der Waals surface area contributed by atoms with E-state index in [1.54, 1.807) is 0 Å². The average molecular weight is 303 g/mol. The summed E-state index contributed by atoms with van der Waals surface area (Å²) in [5.74, 6) is -0.647. The number of aliphatic hydroxyl groups is 2. The average Bonchev–Trinajstić information content (AvgIpc) is 2.81. The maximum Gasteiger partial charge on any atom is 0.185 e. The number of anilines is 1. The summed E-state index contributed by atoms with van der Waals surface area (Å²) < 4.78 is 20.5. The van der Waals surface area contributed by atoms with Gasteiger partial charge in [-0.15, -0.1) is 11.6 Å². The van der Waals surface area contributed by atoms with Crippen molar-refractivity contribution in [1.29, 1.82) is 0 Å². The highest BCUT2D eigenvalue weighted by atomic mass is 35.5. The standard InChI is InChI=1S/C11H12ClFN4O3/c1-11(12)6(18)9(19)20-10(11)17-2-4(13)5-7(14)15-3-16-8(5)17/h2-3,6,9-10,18-19H,1H3,(H2,14,15,16)/t6-,9+,10-,11-/m1/s1. The number of nitrogen functional groups attached to an aromatic ring is 1. The molecule has 1 fully saturated rings. The van der Waals surface area contributed by atoms with Crippen LogP contribution in [0, 0.1) is 5.82 Å². The van der Waals surface area contributed by atoms with Gasteiger partial charge in [-0.25, -0.2) is 14.4 Å². The van der Waals surface area contributed by atoms with Crippen molar-refractivity contribution in [2.24, 2.45) is 0 Å². The number of aromatic nitrogens is 3. The Labute approximate surface area is 117 Å². The van der Waals surface area contributed by atoms with Crippen LogP contribution < -0.4 is 5.73 Å². The summed E-state index contributed by atoms with van der Waals surface area (Å²) in [7, 11) is 0. The Bertz CT molecular complexity index is 677. The van der Waals surface area contributed by atoms with Crippen LogP contribution in [0.15, 0.2) is 12.5 Å². The number of nitrogens with two attached hydrogens (primary N) is 1. The maximum absolute atomic E-state index is 14.0. The lowest BCUT2D eigenvalue weighted by Gasteiger charge is -2.26. The quantitative estimate of drug-likeness (QED) is 0.657. The predicted molar refractivity (Wildman–Crippen MR) is 68.3 cm³/mol. The Morgan fingerprint density at radius 3 is 2.80 bits per heavy atom. The molecule has 3 heterocycles. The van der Waals surface area contributed by atoms with Crippen LogP contribution in [0.5, 0.6) is 0 Å². The van der Waals surface area contributed by atoms with E-state index in [1.165, 1.54) is 17.8 Å². The SMILES string of the molecule is C[C@@]1(Cl)[C@H](O)[C@@H](O)O[C@H]1n1cc(F)c2c(N)ncnc21. The monoisotopic (exact) mass is 302 g/mol. The molecule has 20 heavy (non-hydrogen) atoms. The maximum atomic E-state index is 14.0. The molecule has 1 saturated heterocycles. The Balaban J connectivity index is 2.19. The fraction of sp³-hybridized carbons (Fsp3) is 0.455. The molecule has 108 valence electrons. The van der Waals surface area contributed by atoms with E-state index >= 15 is 0 Å². The normalized spacial score (nSPS) is 34.0. The van der Waals surface area contributed by atoms with Crippen LogP contribution in [0.25, 0.3) is 11.0 Å². The fourth-order valence-corrected chi connectivity index (χ4v) is 2.61. The van der Waals surface area contributed by atoms with Crippen molar-refractivity contribution in [1.82, 2.24) is 14.5 Å². The minimum Gasteiger partial charge on any atom is -0.386 e. The lowest BCUT2D eigenvalue weighted by Crippen LogP contribution is -2.38. The summed E-state index contributed by atoms with van der Waals surface area (Å²) in [6.45, 7) is 1.48. The Hall–Kier alpha value is -1.48. The smallest absolute Gasteiger partial charge is 0.185 e. The van der Waals surface area contributed by atoms with E-state index in [1.807, 2.05) is 0 Å². The lowest BCUT2D eigenvalue weighted by atomic mass is 10.0. The van der Waals surface area contributed by atoms with Crippen LogP contribution >= 0.6 is 11.6 Å². The first-order chi connectivity index (χ1) is 9.34. The molecule has 4 N–H and O–H groups in total. The lowest BCUT2D eigenvalue weighted by molar-refractivity contribution is -0.140. The molecule has 0 bridgehead atoms. The van der Waals surface area contributed by atoms with Gasteiger partial charge >= 0.3 is 0 Å². The molecule has 7 nitrogen and oxygen atoms in total. The van der Waals surface area contributed by atoms with Gasteiger partial charge in [0.1, 0.15) is 23.1 Å². The molecule has 0 aliphatic carbocycles. The molecule has 9 heteroatoms. The third-order valence-corrected chi connectivity index (χ3v) is 3.85. The molecule has 1 aliphatic heterocycles. The Morgan fingerprint density at radius 2 is 2.20 bits per heavy atom. The van der Waals surface area contributed by atoms with Crippen LogP contribution in [0.1, 0.15) is 13.2 Å². The van der Waals surface area contributed by atoms with Crippen LogP contribution in [-0.2, 0) is 4.74 Å². The zero-order valence-electron chi connectivity index (χ0n) is 10.4. The summed E-state index contributed by atoms with van der Waals surface area (Å²) in [6, 6.07) is 0. The molecule has 4 atom stereocenters. The summed E-state index contributed by atoms with van der Waals surface area (Å²) >= 11 is 6.21. The molecule has 0 saturated carbocycles. The molecule has 1 aliphatic rings. The van der Waals surface area contributed by atoms with Gasteiger partial charge < -0.3 is 25.3 Å². The predicted octanol–water partition coefficient (Wildman–Crippen LogP) is 0.358. The van der Waals surface area contributed by atoms with Crippen molar-refractivity contribution in [3.8, 4) is 0 Å². The van der Waals surface area contributed by atoms with Gasteiger partial charge in [-0.1, -0.05) is 0 Å². The van der Waals surface area contributed by atoms with Gasteiger partial charge in [0.2, 0.25) is 0 Å². The molecule has 0 spiro atoms.